The van der Waals surface area contributed by atoms with Crippen molar-refractivity contribution in [3.8, 4) is 0 Å². The molecular formula is C9H16BrNO. The summed E-state index contributed by atoms with van der Waals surface area (Å²) in [6, 6.07) is 0. The largest absolute Gasteiger partial charge is 0.342 e. The summed E-state index contributed by atoms with van der Waals surface area (Å²) in [5.74, 6) is 0.453. The predicted octanol–water partition coefficient (Wildman–Crippen LogP) is 2.03. The number of likely N-dealkylation sites (tertiary alicyclic amines) is 1. The molecule has 0 aromatic rings. The zero-order chi connectivity index (χ0) is 8.97. The van der Waals surface area contributed by atoms with E-state index >= 15 is 0 Å². The zero-order valence-corrected chi connectivity index (χ0v) is 9.14. The second-order valence-electron chi connectivity index (χ2n) is 3.44. The van der Waals surface area contributed by atoms with Crippen LogP contribution in [0.4, 0.5) is 0 Å². The molecule has 0 N–H and O–H groups in total. The summed E-state index contributed by atoms with van der Waals surface area (Å²) < 4.78 is 0. The lowest BCUT2D eigenvalue weighted by atomic mass is 10.1. The molecular weight excluding hydrogens is 218 g/mol. The number of nitrogens with zero attached hydrogens (tertiary/aromatic N) is 1. The minimum absolute atomic E-state index is 0.142. The Morgan fingerprint density at radius 3 is 2.50 bits per heavy atom. The van der Waals surface area contributed by atoms with Crippen molar-refractivity contribution in [1.82, 2.24) is 4.90 Å². The molecule has 0 radical (unpaired) electrons. The van der Waals surface area contributed by atoms with Crippen molar-refractivity contribution < 1.29 is 4.79 Å². The molecule has 0 aliphatic carbocycles. The molecule has 0 aromatic carbocycles. The highest BCUT2D eigenvalue weighted by Gasteiger charge is 2.20. The van der Waals surface area contributed by atoms with Gasteiger partial charge in [0.05, 0.1) is 0 Å². The van der Waals surface area contributed by atoms with Crippen LogP contribution < -0.4 is 0 Å². The maximum Gasteiger partial charge on any atom is 0.226 e. The van der Waals surface area contributed by atoms with Crippen LogP contribution in [0, 0.1) is 5.92 Å². The maximum absolute atomic E-state index is 11.6. The van der Waals surface area contributed by atoms with Gasteiger partial charge in [-0.15, -0.1) is 0 Å². The zero-order valence-electron chi connectivity index (χ0n) is 7.55. The molecule has 1 saturated heterocycles. The average Bonchev–Trinajstić information content (AvgIpc) is 2.17. The van der Waals surface area contributed by atoms with Gasteiger partial charge in [-0.3, -0.25) is 4.79 Å². The normalized spacial score (nSPS) is 20.7. The van der Waals surface area contributed by atoms with E-state index in [1.165, 1.54) is 19.3 Å². The smallest absolute Gasteiger partial charge is 0.226 e. The Labute approximate surface area is 82.4 Å². The van der Waals surface area contributed by atoms with E-state index in [1.807, 2.05) is 11.8 Å². The van der Waals surface area contributed by atoms with Gasteiger partial charge in [-0.1, -0.05) is 22.9 Å². The highest BCUT2D eigenvalue weighted by atomic mass is 79.9. The maximum atomic E-state index is 11.6. The van der Waals surface area contributed by atoms with Crippen molar-refractivity contribution in [2.45, 2.75) is 26.2 Å². The molecule has 1 unspecified atom stereocenters. The van der Waals surface area contributed by atoms with Crippen LogP contribution in [0.5, 0.6) is 0 Å². The molecule has 1 rings (SSSR count). The number of rotatable bonds is 2. The molecule has 1 amide bonds. The summed E-state index contributed by atoms with van der Waals surface area (Å²) in [5, 5.41) is 0.780. The van der Waals surface area contributed by atoms with Gasteiger partial charge in [0.1, 0.15) is 0 Å². The standard InChI is InChI=1S/C9H16BrNO/c1-8(7-10)9(12)11-5-3-2-4-6-11/h8H,2-7H2,1H3. The molecule has 1 aliphatic heterocycles. The first kappa shape index (κ1) is 10.0. The van der Waals surface area contributed by atoms with Crippen molar-refractivity contribution in [3.63, 3.8) is 0 Å². The number of halogens is 1. The Morgan fingerprint density at radius 2 is 2.00 bits per heavy atom. The summed E-state index contributed by atoms with van der Waals surface area (Å²) >= 11 is 3.33. The fourth-order valence-electron chi connectivity index (χ4n) is 1.49. The van der Waals surface area contributed by atoms with Crippen molar-refractivity contribution in [1.29, 1.82) is 0 Å². The molecule has 0 aromatic heterocycles. The van der Waals surface area contributed by atoms with Gasteiger partial charge in [0.2, 0.25) is 5.91 Å². The van der Waals surface area contributed by atoms with Gasteiger partial charge >= 0.3 is 0 Å². The van der Waals surface area contributed by atoms with Crippen LogP contribution >= 0.6 is 15.9 Å². The molecule has 3 heteroatoms. The monoisotopic (exact) mass is 233 g/mol. The highest BCUT2D eigenvalue weighted by Crippen LogP contribution is 2.13. The summed E-state index contributed by atoms with van der Waals surface area (Å²) in [4.78, 5) is 13.6. The third kappa shape index (κ3) is 2.47. The summed E-state index contributed by atoms with van der Waals surface area (Å²) in [7, 11) is 0. The van der Waals surface area contributed by atoms with Gasteiger partial charge in [-0.05, 0) is 19.3 Å². The lowest BCUT2D eigenvalue weighted by molar-refractivity contribution is -0.135. The number of carbonyl (C=O) groups is 1. The lowest BCUT2D eigenvalue weighted by Gasteiger charge is -2.28. The van der Waals surface area contributed by atoms with Crippen LogP contribution in [0.25, 0.3) is 0 Å². The van der Waals surface area contributed by atoms with E-state index in [2.05, 4.69) is 15.9 Å². The summed E-state index contributed by atoms with van der Waals surface area (Å²) in [5.41, 5.74) is 0. The van der Waals surface area contributed by atoms with E-state index in [0.29, 0.717) is 5.91 Å². The van der Waals surface area contributed by atoms with Gasteiger partial charge in [-0.25, -0.2) is 0 Å². The fourth-order valence-corrected chi connectivity index (χ4v) is 1.77. The van der Waals surface area contributed by atoms with Crippen molar-refractivity contribution in [2.75, 3.05) is 18.4 Å². The van der Waals surface area contributed by atoms with Crippen LogP contribution in [-0.4, -0.2) is 29.2 Å². The molecule has 70 valence electrons. The van der Waals surface area contributed by atoms with Crippen LogP contribution in [0.2, 0.25) is 0 Å². The fraction of sp³-hybridized carbons (Fsp3) is 0.889. The van der Waals surface area contributed by atoms with Gasteiger partial charge in [0.15, 0.2) is 0 Å². The second-order valence-corrected chi connectivity index (χ2v) is 4.09. The van der Waals surface area contributed by atoms with Gasteiger partial charge in [0, 0.05) is 24.3 Å². The van der Waals surface area contributed by atoms with E-state index in [9.17, 15) is 4.79 Å². The molecule has 0 spiro atoms. The Kier molecular flexibility index (Phi) is 4.06. The first-order valence-electron chi connectivity index (χ1n) is 4.60. The molecule has 1 atom stereocenters. The van der Waals surface area contributed by atoms with E-state index in [0.717, 1.165) is 18.4 Å². The van der Waals surface area contributed by atoms with Crippen molar-refractivity contribution in [2.24, 2.45) is 5.92 Å². The Morgan fingerprint density at radius 1 is 1.42 bits per heavy atom. The number of alkyl halides is 1. The summed E-state index contributed by atoms with van der Waals surface area (Å²) in [6.07, 6.45) is 3.65. The third-order valence-corrected chi connectivity index (χ3v) is 3.29. The molecule has 1 heterocycles. The number of amides is 1. The Hall–Kier alpha value is -0.0500. The first-order chi connectivity index (χ1) is 5.75. The third-order valence-electron chi connectivity index (χ3n) is 2.32. The molecule has 12 heavy (non-hydrogen) atoms. The molecule has 0 bridgehead atoms. The molecule has 1 aliphatic rings. The second kappa shape index (κ2) is 4.85. The van der Waals surface area contributed by atoms with Crippen LogP contribution in [0.15, 0.2) is 0 Å². The van der Waals surface area contributed by atoms with Crippen molar-refractivity contribution in [3.05, 3.63) is 0 Å². The van der Waals surface area contributed by atoms with E-state index in [1.54, 1.807) is 0 Å². The highest BCUT2D eigenvalue weighted by molar-refractivity contribution is 9.09. The van der Waals surface area contributed by atoms with Crippen LogP contribution in [-0.2, 0) is 4.79 Å². The van der Waals surface area contributed by atoms with E-state index < -0.39 is 0 Å². The molecule has 2 nitrogen and oxygen atoms in total. The molecule has 1 fully saturated rings. The number of hydrogen-bond donors (Lipinski definition) is 0. The predicted molar refractivity (Wildman–Crippen MR) is 53.4 cm³/mol. The average molecular weight is 234 g/mol. The van der Waals surface area contributed by atoms with Gasteiger partial charge in [-0.2, -0.15) is 0 Å². The number of carbonyl (C=O) groups excluding carboxylic acids is 1. The Bertz CT molecular complexity index is 155. The Balaban J connectivity index is 2.39. The van der Waals surface area contributed by atoms with Crippen molar-refractivity contribution >= 4 is 21.8 Å². The van der Waals surface area contributed by atoms with E-state index in [-0.39, 0.29) is 5.92 Å². The van der Waals surface area contributed by atoms with E-state index in [4.69, 9.17) is 0 Å². The topological polar surface area (TPSA) is 20.3 Å². The first-order valence-corrected chi connectivity index (χ1v) is 5.72. The summed E-state index contributed by atoms with van der Waals surface area (Å²) in [6.45, 7) is 3.91. The molecule has 0 saturated carbocycles. The minimum atomic E-state index is 0.142. The lowest BCUT2D eigenvalue weighted by Crippen LogP contribution is -2.39. The van der Waals surface area contributed by atoms with Crippen LogP contribution in [0.3, 0.4) is 0 Å². The van der Waals surface area contributed by atoms with Crippen LogP contribution in [0.1, 0.15) is 26.2 Å². The minimum Gasteiger partial charge on any atom is -0.342 e. The number of hydrogen-bond acceptors (Lipinski definition) is 1. The number of piperidine rings is 1. The van der Waals surface area contributed by atoms with Gasteiger partial charge < -0.3 is 4.90 Å². The van der Waals surface area contributed by atoms with Gasteiger partial charge in [0.25, 0.3) is 0 Å². The SMILES string of the molecule is CC(CBr)C(=O)N1CCCCC1. The quantitative estimate of drug-likeness (QED) is 0.669.